The Morgan fingerprint density at radius 3 is 0.600 bits per heavy atom. The molecule has 7 aromatic rings. The van der Waals surface area contributed by atoms with Crippen molar-refractivity contribution in [2.75, 3.05) is 0 Å². The number of aromatic amines is 3. The SMILES string of the molecule is OC(c1ccc(C(c2ccc(C(c3ccc(C(O)c4c(F)c(F)c(F)c(F)c4F)[nH]3)c3c(F)c(F)c(F)c(F)c3F)[nH]2)c2c(F)c(F)c(F)c(F)c2F)[nH]1)c1c(F)c(F)c(F)c(F)c1F. The third-order valence-electron chi connectivity index (χ3n) is 10.1. The first kappa shape index (κ1) is 46.2. The van der Waals surface area contributed by atoms with Gasteiger partial charge >= 0.3 is 0 Å². The predicted octanol–water partition coefficient (Wildman–Crippen LogP) is 11.0. The monoisotopic (exact) mass is 949 g/mol. The molecule has 3 aromatic heterocycles. The van der Waals surface area contributed by atoms with Crippen molar-refractivity contribution >= 4 is 0 Å². The molecule has 0 aliphatic heterocycles. The summed E-state index contributed by atoms with van der Waals surface area (Å²) >= 11 is 0. The van der Waals surface area contributed by atoms with Gasteiger partial charge in [-0.2, -0.15) is 0 Å². The van der Waals surface area contributed by atoms with E-state index in [2.05, 4.69) is 15.0 Å². The first-order valence-corrected chi connectivity index (χ1v) is 17.4. The first-order chi connectivity index (χ1) is 30.4. The number of rotatable bonds is 10. The molecule has 0 bridgehead atoms. The summed E-state index contributed by atoms with van der Waals surface area (Å²) in [6.45, 7) is 0. The summed E-state index contributed by atoms with van der Waals surface area (Å²) in [5.74, 6) is -57.3. The zero-order chi connectivity index (χ0) is 48.0. The molecular weight excluding hydrogens is 934 g/mol. The van der Waals surface area contributed by atoms with E-state index in [1.54, 1.807) is 0 Å². The second-order valence-electron chi connectivity index (χ2n) is 13.7. The lowest BCUT2D eigenvalue weighted by Gasteiger charge is -2.21. The van der Waals surface area contributed by atoms with Gasteiger partial charge in [0.05, 0.1) is 23.0 Å². The molecule has 5 nitrogen and oxygen atoms in total. The number of aliphatic hydroxyl groups excluding tert-OH is 2. The number of hydrogen-bond acceptors (Lipinski definition) is 2. The van der Waals surface area contributed by atoms with Crippen molar-refractivity contribution < 1.29 is 98.0 Å². The van der Waals surface area contributed by atoms with Crippen molar-refractivity contribution in [2.24, 2.45) is 0 Å². The van der Waals surface area contributed by atoms with Crippen LogP contribution in [0.2, 0.25) is 0 Å². The maximum atomic E-state index is 15.6. The van der Waals surface area contributed by atoms with E-state index in [1.807, 2.05) is 0 Å². The van der Waals surface area contributed by atoms with Gasteiger partial charge in [0.15, 0.2) is 93.1 Å². The number of benzene rings is 4. The maximum absolute atomic E-state index is 15.6. The highest BCUT2D eigenvalue weighted by Gasteiger charge is 2.39. The highest BCUT2D eigenvalue weighted by molar-refractivity contribution is 5.47. The maximum Gasteiger partial charge on any atom is 0.200 e. The predicted molar refractivity (Wildman–Crippen MR) is 177 cm³/mol. The fourth-order valence-electron chi connectivity index (χ4n) is 7.02. The molecule has 3 heterocycles. The average molecular weight is 950 g/mol. The summed E-state index contributed by atoms with van der Waals surface area (Å²) < 4.78 is 292. The average Bonchev–Trinajstić information content (AvgIpc) is 4.09. The molecule has 0 spiro atoms. The second-order valence-corrected chi connectivity index (χ2v) is 13.7. The molecule has 25 heteroatoms. The summed E-state index contributed by atoms with van der Waals surface area (Å²) in [5.41, 5.74) is -13.1. The van der Waals surface area contributed by atoms with Crippen molar-refractivity contribution in [2.45, 2.75) is 24.0 Å². The smallest absolute Gasteiger partial charge is 0.200 e. The van der Waals surface area contributed by atoms with Gasteiger partial charge in [0.2, 0.25) is 23.3 Å². The summed E-state index contributed by atoms with van der Waals surface area (Å²) in [4.78, 5) is 6.35. The Balaban J connectivity index is 1.44. The molecule has 4 aromatic carbocycles. The second kappa shape index (κ2) is 16.7. The van der Waals surface area contributed by atoms with Gasteiger partial charge in [-0.15, -0.1) is 0 Å². The summed E-state index contributed by atoms with van der Waals surface area (Å²) in [6, 6.07) is 3.57. The molecule has 4 unspecified atom stereocenters. The highest BCUT2D eigenvalue weighted by Crippen LogP contribution is 2.43. The molecule has 0 amide bonds. The minimum atomic E-state index is -2.88. The van der Waals surface area contributed by atoms with Crippen molar-refractivity contribution in [3.63, 3.8) is 0 Å². The van der Waals surface area contributed by atoms with E-state index < -0.39 is 197 Å². The Kier molecular flexibility index (Phi) is 11.9. The van der Waals surface area contributed by atoms with E-state index >= 15 is 17.6 Å². The van der Waals surface area contributed by atoms with Gasteiger partial charge in [-0.1, -0.05) is 0 Å². The summed E-state index contributed by atoms with van der Waals surface area (Å²) in [5, 5.41) is 21.4. The van der Waals surface area contributed by atoms with E-state index in [0.29, 0.717) is 36.4 Å². The van der Waals surface area contributed by atoms with Crippen LogP contribution in [-0.4, -0.2) is 25.2 Å². The molecule has 65 heavy (non-hydrogen) atoms. The van der Waals surface area contributed by atoms with Crippen LogP contribution in [0.5, 0.6) is 0 Å². The van der Waals surface area contributed by atoms with Gasteiger partial charge in [0, 0.05) is 45.3 Å². The van der Waals surface area contributed by atoms with Crippen LogP contribution in [-0.2, 0) is 0 Å². The molecule has 0 aliphatic rings. The molecule has 0 aliphatic carbocycles. The van der Waals surface area contributed by atoms with Crippen LogP contribution in [0.4, 0.5) is 87.8 Å². The van der Waals surface area contributed by atoms with Gasteiger partial charge in [-0.25, -0.2) is 87.8 Å². The van der Waals surface area contributed by atoms with Crippen LogP contribution in [0, 0.1) is 116 Å². The van der Waals surface area contributed by atoms with Crippen LogP contribution in [0.25, 0.3) is 0 Å². The zero-order valence-corrected chi connectivity index (χ0v) is 30.7. The Hall–Kier alpha value is -6.76. The van der Waals surface area contributed by atoms with Crippen LogP contribution in [0.3, 0.4) is 0 Å². The molecule has 0 saturated carbocycles. The number of aromatic nitrogens is 3. The Morgan fingerprint density at radius 1 is 0.231 bits per heavy atom. The molecule has 0 saturated heterocycles. The van der Waals surface area contributed by atoms with Gasteiger partial charge in [0.1, 0.15) is 12.2 Å². The zero-order valence-electron chi connectivity index (χ0n) is 30.7. The van der Waals surface area contributed by atoms with Crippen LogP contribution in [0.15, 0.2) is 36.4 Å². The lowest BCUT2D eigenvalue weighted by molar-refractivity contribution is 0.198. The van der Waals surface area contributed by atoms with E-state index in [4.69, 9.17) is 0 Å². The molecule has 7 rings (SSSR count). The van der Waals surface area contributed by atoms with Gasteiger partial charge in [0.25, 0.3) is 0 Å². The fourth-order valence-corrected chi connectivity index (χ4v) is 7.02. The molecular formula is C40H15F20N3O2. The van der Waals surface area contributed by atoms with Crippen molar-refractivity contribution in [1.29, 1.82) is 0 Å². The van der Waals surface area contributed by atoms with Crippen molar-refractivity contribution in [3.8, 4) is 0 Å². The molecule has 0 fully saturated rings. The van der Waals surface area contributed by atoms with E-state index in [0.717, 1.165) is 0 Å². The molecule has 0 radical (unpaired) electrons. The van der Waals surface area contributed by atoms with Crippen LogP contribution >= 0.6 is 0 Å². The topological polar surface area (TPSA) is 87.8 Å². The summed E-state index contributed by atoms with van der Waals surface area (Å²) in [6.07, 6.45) is -5.77. The Labute approximate surface area is 346 Å². The normalized spacial score (nSPS) is 13.8. The molecule has 342 valence electrons. The Morgan fingerprint density at radius 2 is 0.385 bits per heavy atom. The van der Waals surface area contributed by atoms with Gasteiger partial charge in [-0.05, 0) is 36.4 Å². The minimum Gasteiger partial charge on any atom is -0.382 e. The highest BCUT2D eigenvalue weighted by atomic mass is 19.2. The van der Waals surface area contributed by atoms with E-state index in [9.17, 15) is 80.5 Å². The third kappa shape index (κ3) is 7.16. The van der Waals surface area contributed by atoms with E-state index in [1.165, 1.54) is 0 Å². The number of aliphatic hydroxyl groups is 2. The standard InChI is InChI=1S/C40H15F20N3O2/c41-19-15(20(42)28(50)35(57)27(19)49)13(9-3-5-11(62-9)39(64)17-23(45)31(53)37(59)32(54)24(17)46)7-1-2-8(61-7)14(16-21(43)29(51)36(58)30(52)22(16)44)10-4-6-12(63-10)40(65)18-25(47)33(55)38(60)34(56)26(18)48/h1-6,13-14,39-40,61-65H. The molecule has 4 atom stereocenters. The number of hydrogen-bond donors (Lipinski definition) is 5. The van der Waals surface area contributed by atoms with E-state index in [-0.39, 0.29) is 0 Å². The van der Waals surface area contributed by atoms with Crippen LogP contribution < -0.4 is 0 Å². The van der Waals surface area contributed by atoms with Crippen molar-refractivity contribution in [3.05, 3.63) is 209 Å². The number of halogens is 20. The number of nitrogens with one attached hydrogen (secondary N) is 3. The Bertz CT molecular complexity index is 2770. The lowest BCUT2D eigenvalue weighted by atomic mass is 9.91. The van der Waals surface area contributed by atoms with Crippen molar-refractivity contribution in [1.82, 2.24) is 15.0 Å². The number of H-pyrrole nitrogens is 3. The third-order valence-corrected chi connectivity index (χ3v) is 10.1. The summed E-state index contributed by atoms with van der Waals surface area (Å²) in [7, 11) is 0. The van der Waals surface area contributed by atoms with Crippen LogP contribution in [0.1, 0.15) is 80.5 Å². The largest absolute Gasteiger partial charge is 0.382 e. The fraction of sp³-hybridized carbons (Fsp3) is 0.100. The minimum absolute atomic E-state index is 0.564. The van der Waals surface area contributed by atoms with Gasteiger partial charge in [-0.3, -0.25) is 0 Å². The quantitative estimate of drug-likeness (QED) is 0.0537. The lowest BCUT2D eigenvalue weighted by Crippen LogP contribution is -2.17. The first-order valence-electron chi connectivity index (χ1n) is 17.4. The molecule has 5 N–H and O–H groups in total. The van der Waals surface area contributed by atoms with Gasteiger partial charge < -0.3 is 25.2 Å².